The Morgan fingerprint density at radius 1 is 1.28 bits per heavy atom. The maximum Gasteiger partial charge on any atom is 0.0933 e. The molecule has 0 aromatic heterocycles. The van der Waals surface area contributed by atoms with E-state index in [0.29, 0.717) is 0 Å². The van der Waals surface area contributed by atoms with Crippen molar-refractivity contribution < 1.29 is 9.84 Å². The lowest BCUT2D eigenvalue weighted by Crippen LogP contribution is -2.63. The molecule has 1 saturated heterocycles. The first kappa shape index (κ1) is 12.2. The zero-order valence-corrected chi connectivity index (χ0v) is 10.7. The van der Waals surface area contributed by atoms with Crippen LogP contribution in [-0.2, 0) is 11.3 Å². The third kappa shape index (κ3) is 2.18. The first-order valence-corrected chi connectivity index (χ1v) is 6.84. The lowest BCUT2D eigenvalue weighted by molar-refractivity contribution is -0.155. The molecular weight excluding hydrogens is 226 g/mol. The zero-order chi connectivity index (χ0) is 12.4. The van der Waals surface area contributed by atoms with E-state index in [2.05, 4.69) is 35.2 Å². The van der Waals surface area contributed by atoms with Gasteiger partial charge in [-0.05, 0) is 24.8 Å². The molecule has 1 spiro atoms. The van der Waals surface area contributed by atoms with Gasteiger partial charge in [-0.1, -0.05) is 30.3 Å². The molecule has 3 rings (SSSR count). The summed E-state index contributed by atoms with van der Waals surface area (Å²) in [6.45, 7) is 2.73. The van der Waals surface area contributed by atoms with Gasteiger partial charge in [-0.3, -0.25) is 4.90 Å². The summed E-state index contributed by atoms with van der Waals surface area (Å²) in [5, 5.41) is 9.28. The van der Waals surface area contributed by atoms with E-state index in [0.717, 1.165) is 19.7 Å². The summed E-state index contributed by atoms with van der Waals surface area (Å²) in [6, 6.07) is 10.6. The van der Waals surface area contributed by atoms with Gasteiger partial charge in [0.25, 0.3) is 0 Å². The second kappa shape index (κ2) is 5.00. The Bertz CT molecular complexity index is 389. The molecule has 1 aliphatic heterocycles. The van der Waals surface area contributed by atoms with Gasteiger partial charge in [-0.25, -0.2) is 0 Å². The van der Waals surface area contributed by atoms with Crippen LogP contribution in [0.15, 0.2) is 30.3 Å². The molecule has 1 unspecified atom stereocenters. The van der Waals surface area contributed by atoms with Crippen LogP contribution in [0.2, 0.25) is 0 Å². The highest BCUT2D eigenvalue weighted by molar-refractivity contribution is 5.16. The van der Waals surface area contributed by atoms with Crippen molar-refractivity contribution in [3.05, 3.63) is 35.9 Å². The molecule has 0 radical (unpaired) electrons. The van der Waals surface area contributed by atoms with Gasteiger partial charge in [0, 0.05) is 18.6 Å². The van der Waals surface area contributed by atoms with E-state index in [4.69, 9.17) is 4.74 Å². The number of hydrogen-bond acceptors (Lipinski definition) is 3. The minimum atomic E-state index is -0.0139. The molecule has 1 N–H and O–H groups in total. The number of morpholine rings is 1. The van der Waals surface area contributed by atoms with Gasteiger partial charge in [0.15, 0.2) is 0 Å². The number of benzene rings is 1. The maximum atomic E-state index is 9.28. The molecule has 2 fully saturated rings. The fourth-order valence-corrected chi connectivity index (χ4v) is 3.05. The quantitative estimate of drug-likeness (QED) is 0.884. The van der Waals surface area contributed by atoms with E-state index in [1.807, 2.05) is 0 Å². The van der Waals surface area contributed by atoms with Crippen LogP contribution in [0.25, 0.3) is 0 Å². The number of aliphatic hydroxyl groups excluding tert-OH is 1. The van der Waals surface area contributed by atoms with E-state index in [9.17, 15) is 5.11 Å². The van der Waals surface area contributed by atoms with Crippen LogP contribution in [0.3, 0.4) is 0 Å². The monoisotopic (exact) mass is 247 g/mol. The Kier molecular flexibility index (Phi) is 3.37. The zero-order valence-electron chi connectivity index (χ0n) is 10.7. The highest BCUT2D eigenvalue weighted by Gasteiger charge is 2.46. The molecule has 1 aromatic rings. The Hall–Kier alpha value is -0.900. The van der Waals surface area contributed by atoms with Crippen molar-refractivity contribution in [1.82, 2.24) is 4.90 Å². The highest BCUT2D eigenvalue weighted by atomic mass is 16.5. The van der Waals surface area contributed by atoms with Crippen molar-refractivity contribution in [3.63, 3.8) is 0 Å². The van der Waals surface area contributed by atoms with Crippen molar-refractivity contribution in [2.75, 3.05) is 19.8 Å². The average Bonchev–Trinajstić information content (AvgIpc) is 2.38. The average molecular weight is 247 g/mol. The third-order valence-electron chi connectivity index (χ3n) is 4.39. The number of ether oxygens (including phenoxy) is 1. The molecule has 0 amide bonds. The lowest BCUT2D eigenvalue weighted by Gasteiger charge is -2.54. The smallest absolute Gasteiger partial charge is 0.0933 e. The van der Waals surface area contributed by atoms with Gasteiger partial charge in [0.05, 0.1) is 19.3 Å². The summed E-state index contributed by atoms with van der Waals surface area (Å²) in [5.74, 6) is 0. The van der Waals surface area contributed by atoms with Gasteiger partial charge < -0.3 is 9.84 Å². The molecule has 18 heavy (non-hydrogen) atoms. The van der Waals surface area contributed by atoms with E-state index in [1.54, 1.807) is 0 Å². The molecule has 1 atom stereocenters. The normalized spacial score (nSPS) is 27.1. The Morgan fingerprint density at radius 2 is 2.06 bits per heavy atom. The Balaban J connectivity index is 1.74. The van der Waals surface area contributed by atoms with Gasteiger partial charge >= 0.3 is 0 Å². The van der Waals surface area contributed by atoms with Crippen molar-refractivity contribution in [1.29, 1.82) is 0 Å². The van der Waals surface area contributed by atoms with Crippen molar-refractivity contribution >= 4 is 0 Å². The molecular formula is C15H21NO2. The Labute approximate surface area is 108 Å². The SMILES string of the molecule is OCC1CN(Cc2ccccc2)C2(CCC2)CO1. The summed E-state index contributed by atoms with van der Waals surface area (Å²) >= 11 is 0. The van der Waals surface area contributed by atoms with Crippen molar-refractivity contribution in [2.24, 2.45) is 0 Å². The third-order valence-corrected chi connectivity index (χ3v) is 4.39. The van der Waals surface area contributed by atoms with Crippen LogP contribution >= 0.6 is 0 Å². The minimum Gasteiger partial charge on any atom is -0.394 e. The molecule has 1 heterocycles. The number of nitrogens with zero attached hydrogens (tertiary/aromatic N) is 1. The highest BCUT2D eigenvalue weighted by Crippen LogP contribution is 2.41. The summed E-state index contributed by atoms with van der Waals surface area (Å²) < 4.78 is 5.76. The molecule has 0 bridgehead atoms. The van der Waals surface area contributed by atoms with Crippen LogP contribution < -0.4 is 0 Å². The fraction of sp³-hybridized carbons (Fsp3) is 0.600. The van der Waals surface area contributed by atoms with Crippen LogP contribution in [-0.4, -0.2) is 41.4 Å². The molecule has 2 aliphatic rings. The summed E-state index contributed by atoms with van der Waals surface area (Å²) in [4.78, 5) is 2.52. The van der Waals surface area contributed by atoms with Crippen LogP contribution in [0, 0.1) is 0 Å². The summed E-state index contributed by atoms with van der Waals surface area (Å²) in [5.41, 5.74) is 1.60. The van der Waals surface area contributed by atoms with Gasteiger partial charge in [0.2, 0.25) is 0 Å². The first-order valence-electron chi connectivity index (χ1n) is 6.84. The first-order chi connectivity index (χ1) is 8.82. The van der Waals surface area contributed by atoms with Crippen molar-refractivity contribution in [3.8, 4) is 0 Å². The largest absolute Gasteiger partial charge is 0.394 e. The van der Waals surface area contributed by atoms with Crippen molar-refractivity contribution in [2.45, 2.75) is 37.5 Å². The molecule has 1 saturated carbocycles. The van der Waals surface area contributed by atoms with Gasteiger partial charge in [0.1, 0.15) is 0 Å². The maximum absolute atomic E-state index is 9.28. The van der Waals surface area contributed by atoms with E-state index in [1.165, 1.54) is 24.8 Å². The van der Waals surface area contributed by atoms with Crippen LogP contribution in [0.1, 0.15) is 24.8 Å². The fourth-order valence-electron chi connectivity index (χ4n) is 3.05. The summed E-state index contributed by atoms with van der Waals surface area (Å²) in [7, 11) is 0. The van der Waals surface area contributed by atoms with E-state index in [-0.39, 0.29) is 18.2 Å². The molecule has 1 aliphatic carbocycles. The summed E-state index contributed by atoms with van der Waals surface area (Å²) in [6.07, 6.45) is 3.76. The molecule has 3 heteroatoms. The minimum absolute atomic E-state index is 0.0139. The van der Waals surface area contributed by atoms with Gasteiger partial charge in [-0.15, -0.1) is 0 Å². The standard InChI is InChI=1S/C15H21NO2/c17-11-14-10-16(9-13-5-2-1-3-6-13)15(12-18-14)7-4-8-15/h1-3,5-6,14,17H,4,7-12H2. The molecule has 3 nitrogen and oxygen atoms in total. The van der Waals surface area contributed by atoms with Crippen LogP contribution in [0.5, 0.6) is 0 Å². The number of rotatable bonds is 3. The van der Waals surface area contributed by atoms with E-state index >= 15 is 0 Å². The van der Waals surface area contributed by atoms with E-state index < -0.39 is 0 Å². The molecule has 1 aromatic carbocycles. The predicted octanol–water partition coefficient (Wildman–Crippen LogP) is 1.80. The predicted molar refractivity (Wildman–Crippen MR) is 70.3 cm³/mol. The topological polar surface area (TPSA) is 32.7 Å². The number of aliphatic hydroxyl groups is 1. The number of hydrogen-bond donors (Lipinski definition) is 1. The van der Waals surface area contributed by atoms with Gasteiger partial charge in [-0.2, -0.15) is 0 Å². The second-order valence-corrected chi connectivity index (χ2v) is 5.56. The lowest BCUT2D eigenvalue weighted by atomic mass is 9.74. The Morgan fingerprint density at radius 3 is 2.67 bits per heavy atom. The van der Waals surface area contributed by atoms with Crippen LogP contribution in [0.4, 0.5) is 0 Å². The second-order valence-electron chi connectivity index (χ2n) is 5.56. The molecule has 98 valence electrons.